The number of hydrogen-bond acceptors (Lipinski definition) is 4. The van der Waals surface area contributed by atoms with Crippen molar-refractivity contribution in [2.75, 3.05) is 5.73 Å². The van der Waals surface area contributed by atoms with Gasteiger partial charge >= 0.3 is 0 Å². The van der Waals surface area contributed by atoms with Crippen LogP contribution in [0.4, 0.5) is 5.69 Å². The normalized spacial score (nSPS) is 24.3. The van der Waals surface area contributed by atoms with E-state index >= 15 is 0 Å². The van der Waals surface area contributed by atoms with E-state index < -0.39 is 0 Å². The average molecular weight is 372 g/mol. The number of para-hydroxylation sites is 2. The van der Waals surface area contributed by atoms with E-state index in [0.717, 1.165) is 12.8 Å². The molecule has 4 N–H and O–H groups in total. The van der Waals surface area contributed by atoms with Crippen molar-refractivity contribution >= 4 is 23.2 Å². The number of piperidine rings is 1. The molecule has 26 heavy (non-hydrogen) atoms. The van der Waals surface area contributed by atoms with Crippen LogP contribution in [0.5, 0.6) is 11.5 Å². The Hall–Kier alpha value is -2.24. The lowest BCUT2D eigenvalue weighted by Crippen LogP contribution is -2.48. The molecular weight excluding hydrogens is 350 g/mol. The highest BCUT2D eigenvalue weighted by atomic mass is 35.5. The Morgan fingerprint density at radius 2 is 1.85 bits per heavy atom. The third-order valence-corrected chi connectivity index (χ3v) is 5.44. The zero-order valence-corrected chi connectivity index (χ0v) is 15.1. The van der Waals surface area contributed by atoms with Gasteiger partial charge in [-0.2, -0.15) is 0 Å². The molecule has 2 bridgehead atoms. The van der Waals surface area contributed by atoms with Crippen molar-refractivity contribution in [3.05, 3.63) is 53.1 Å². The maximum Gasteiger partial charge on any atom is 0.251 e. The number of halogens is 1. The van der Waals surface area contributed by atoms with Crippen LogP contribution in [0.25, 0.3) is 0 Å². The Morgan fingerprint density at radius 3 is 2.54 bits per heavy atom. The van der Waals surface area contributed by atoms with E-state index in [1.165, 1.54) is 12.8 Å². The second kappa shape index (κ2) is 7.17. The number of nitrogens with one attached hydrogen (secondary N) is 2. The van der Waals surface area contributed by atoms with Crippen LogP contribution < -0.4 is 21.1 Å². The molecule has 5 nitrogen and oxygen atoms in total. The number of nitrogen functional groups attached to an aromatic ring is 1. The molecule has 2 aromatic carbocycles. The molecule has 0 radical (unpaired) electrons. The van der Waals surface area contributed by atoms with E-state index in [-0.39, 0.29) is 11.9 Å². The predicted molar refractivity (Wildman–Crippen MR) is 103 cm³/mol. The van der Waals surface area contributed by atoms with Gasteiger partial charge in [0.1, 0.15) is 11.5 Å². The molecule has 2 heterocycles. The minimum atomic E-state index is -0.0935. The molecule has 2 aliphatic heterocycles. The molecule has 2 aliphatic rings. The molecule has 0 aliphatic carbocycles. The van der Waals surface area contributed by atoms with Crippen LogP contribution in [0.15, 0.2) is 42.5 Å². The van der Waals surface area contributed by atoms with Gasteiger partial charge in [-0.3, -0.25) is 4.79 Å². The molecule has 0 saturated carbocycles. The molecule has 1 amide bonds. The summed E-state index contributed by atoms with van der Waals surface area (Å²) in [5, 5.41) is 7.10. The number of carbonyl (C=O) groups excluding carboxylic acids is 1. The number of hydrogen-bond donors (Lipinski definition) is 3. The summed E-state index contributed by atoms with van der Waals surface area (Å²) in [4.78, 5) is 12.6. The number of fused-ring (bicyclic) bond motifs is 2. The van der Waals surface area contributed by atoms with Crippen molar-refractivity contribution in [2.24, 2.45) is 0 Å². The Kier molecular flexibility index (Phi) is 4.74. The maximum absolute atomic E-state index is 12.6. The lowest BCUT2D eigenvalue weighted by atomic mass is 9.99. The molecule has 0 spiro atoms. The summed E-state index contributed by atoms with van der Waals surface area (Å²) < 4.78 is 5.76. The van der Waals surface area contributed by atoms with Gasteiger partial charge < -0.3 is 21.1 Å². The largest absolute Gasteiger partial charge is 0.454 e. The quantitative estimate of drug-likeness (QED) is 0.716. The molecule has 0 aromatic heterocycles. The average Bonchev–Trinajstić information content (AvgIpc) is 2.97. The Labute approximate surface area is 157 Å². The zero-order chi connectivity index (χ0) is 18.1. The van der Waals surface area contributed by atoms with Crippen molar-refractivity contribution in [1.82, 2.24) is 10.6 Å². The highest BCUT2D eigenvalue weighted by Gasteiger charge is 2.34. The topological polar surface area (TPSA) is 76.4 Å². The Morgan fingerprint density at radius 1 is 1.12 bits per heavy atom. The molecule has 2 unspecified atom stereocenters. The van der Waals surface area contributed by atoms with Crippen LogP contribution in [0.2, 0.25) is 5.02 Å². The summed E-state index contributed by atoms with van der Waals surface area (Å²) in [6, 6.07) is 13.6. The van der Waals surface area contributed by atoms with E-state index in [0.29, 0.717) is 39.9 Å². The third-order valence-electron chi connectivity index (χ3n) is 5.14. The van der Waals surface area contributed by atoms with Gasteiger partial charge in [-0.15, -0.1) is 0 Å². The first-order valence-corrected chi connectivity index (χ1v) is 9.35. The summed E-state index contributed by atoms with van der Waals surface area (Å²) in [6.45, 7) is 0. The van der Waals surface area contributed by atoms with Crippen LogP contribution >= 0.6 is 11.6 Å². The van der Waals surface area contributed by atoms with Crippen LogP contribution in [-0.2, 0) is 0 Å². The number of ether oxygens (including phenoxy) is 1. The molecule has 4 rings (SSSR count). The van der Waals surface area contributed by atoms with E-state index in [1.807, 2.05) is 12.1 Å². The first-order chi connectivity index (χ1) is 12.6. The van der Waals surface area contributed by atoms with Gasteiger partial charge in [0.15, 0.2) is 0 Å². The minimum Gasteiger partial charge on any atom is -0.454 e. The van der Waals surface area contributed by atoms with E-state index in [4.69, 9.17) is 22.1 Å². The number of carbonyl (C=O) groups is 1. The van der Waals surface area contributed by atoms with Crippen molar-refractivity contribution < 1.29 is 9.53 Å². The smallest absolute Gasteiger partial charge is 0.251 e. The Balaban J connectivity index is 1.43. The predicted octanol–water partition coefficient (Wildman–Crippen LogP) is 3.73. The molecule has 136 valence electrons. The molecule has 2 fully saturated rings. The number of amides is 1. The van der Waals surface area contributed by atoms with E-state index in [1.54, 1.807) is 30.3 Å². The van der Waals surface area contributed by atoms with Crippen LogP contribution in [-0.4, -0.2) is 24.0 Å². The van der Waals surface area contributed by atoms with Crippen LogP contribution in [0.1, 0.15) is 36.0 Å². The van der Waals surface area contributed by atoms with Crippen molar-refractivity contribution in [3.63, 3.8) is 0 Å². The van der Waals surface area contributed by atoms with Gasteiger partial charge in [-0.05, 0) is 56.0 Å². The van der Waals surface area contributed by atoms with Gasteiger partial charge in [-0.1, -0.05) is 23.7 Å². The van der Waals surface area contributed by atoms with Gasteiger partial charge in [-0.25, -0.2) is 0 Å². The van der Waals surface area contributed by atoms with Crippen molar-refractivity contribution in [1.29, 1.82) is 0 Å². The standard InChI is InChI=1S/C20H22ClN3O2/c21-16-9-12(5-8-18(16)26-19-4-2-1-3-17(19)22)20(25)24-15-10-13-6-7-14(11-15)23-13/h1-5,8-9,13-15,23H,6-7,10-11,22H2,(H,24,25). The summed E-state index contributed by atoms with van der Waals surface area (Å²) in [6.07, 6.45) is 4.39. The lowest BCUT2D eigenvalue weighted by molar-refractivity contribution is 0.0924. The van der Waals surface area contributed by atoms with Gasteiger partial charge in [0, 0.05) is 23.7 Å². The molecular formula is C20H22ClN3O2. The van der Waals surface area contributed by atoms with Gasteiger partial charge in [0.05, 0.1) is 10.7 Å². The summed E-state index contributed by atoms with van der Waals surface area (Å²) >= 11 is 6.32. The number of anilines is 1. The molecule has 2 saturated heterocycles. The van der Waals surface area contributed by atoms with Gasteiger partial charge in [0.2, 0.25) is 0 Å². The maximum atomic E-state index is 12.6. The number of rotatable bonds is 4. The second-order valence-electron chi connectivity index (χ2n) is 7.06. The highest BCUT2D eigenvalue weighted by molar-refractivity contribution is 6.32. The fourth-order valence-corrected chi connectivity index (χ4v) is 4.08. The SMILES string of the molecule is Nc1ccccc1Oc1ccc(C(=O)NC2CC3CCC(C2)N3)cc1Cl. The molecule has 2 aromatic rings. The molecule has 6 heteroatoms. The minimum absolute atomic E-state index is 0.0935. The first kappa shape index (κ1) is 17.2. The second-order valence-corrected chi connectivity index (χ2v) is 7.47. The van der Waals surface area contributed by atoms with Gasteiger partial charge in [0.25, 0.3) is 5.91 Å². The third kappa shape index (κ3) is 3.64. The fourth-order valence-electron chi connectivity index (χ4n) is 3.86. The number of benzene rings is 2. The molecule has 2 atom stereocenters. The Bertz CT molecular complexity index is 814. The fraction of sp³-hybridized carbons (Fsp3) is 0.350. The van der Waals surface area contributed by atoms with Crippen LogP contribution in [0, 0.1) is 0 Å². The van der Waals surface area contributed by atoms with E-state index in [2.05, 4.69) is 10.6 Å². The summed E-state index contributed by atoms with van der Waals surface area (Å²) in [5.74, 6) is 0.918. The van der Waals surface area contributed by atoms with Crippen LogP contribution in [0.3, 0.4) is 0 Å². The summed E-state index contributed by atoms with van der Waals surface area (Å²) in [7, 11) is 0. The first-order valence-electron chi connectivity index (χ1n) is 8.97. The van der Waals surface area contributed by atoms with Crippen molar-refractivity contribution in [2.45, 2.75) is 43.8 Å². The monoisotopic (exact) mass is 371 g/mol. The number of nitrogens with two attached hydrogens (primary N) is 1. The summed E-state index contributed by atoms with van der Waals surface area (Å²) in [5.41, 5.74) is 6.96. The van der Waals surface area contributed by atoms with E-state index in [9.17, 15) is 4.79 Å². The van der Waals surface area contributed by atoms with Crippen molar-refractivity contribution in [3.8, 4) is 11.5 Å². The lowest BCUT2D eigenvalue weighted by Gasteiger charge is -2.29. The zero-order valence-electron chi connectivity index (χ0n) is 14.4. The highest BCUT2D eigenvalue weighted by Crippen LogP contribution is 2.33.